The molecule has 4 nitrogen and oxygen atoms in total. The number of nitrogens with zero attached hydrogens (tertiary/aromatic N) is 1. The van der Waals surface area contributed by atoms with Gasteiger partial charge in [0.15, 0.2) is 6.61 Å². The Bertz CT molecular complexity index is 421. The van der Waals surface area contributed by atoms with Gasteiger partial charge < -0.3 is 10.1 Å². The van der Waals surface area contributed by atoms with Crippen LogP contribution in [0, 0.1) is 11.3 Å². The van der Waals surface area contributed by atoms with Crippen LogP contribution in [0.15, 0.2) is 24.3 Å². The van der Waals surface area contributed by atoms with E-state index in [4.69, 9.17) is 10.00 Å². The van der Waals surface area contributed by atoms with Gasteiger partial charge in [-0.2, -0.15) is 5.26 Å². The van der Waals surface area contributed by atoms with Crippen molar-refractivity contribution in [2.45, 2.75) is 32.6 Å². The summed E-state index contributed by atoms with van der Waals surface area (Å²) < 4.78 is 5.32. The van der Waals surface area contributed by atoms with Gasteiger partial charge in [0.25, 0.3) is 5.91 Å². The van der Waals surface area contributed by atoms with Crippen LogP contribution in [-0.2, 0) is 4.79 Å². The highest BCUT2D eigenvalue weighted by atomic mass is 16.5. The van der Waals surface area contributed by atoms with E-state index in [1.165, 1.54) is 12.8 Å². The van der Waals surface area contributed by atoms with E-state index in [2.05, 4.69) is 12.2 Å². The van der Waals surface area contributed by atoms with Crippen molar-refractivity contribution in [3.05, 3.63) is 29.8 Å². The Kier molecular flexibility index (Phi) is 7.11. The molecule has 0 heterocycles. The lowest BCUT2D eigenvalue weighted by atomic mass is 10.2. The predicted octanol–water partition coefficient (Wildman–Crippen LogP) is 2.63. The van der Waals surface area contributed by atoms with E-state index in [0.29, 0.717) is 17.9 Å². The van der Waals surface area contributed by atoms with Gasteiger partial charge in [0.1, 0.15) is 5.75 Å². The van der Waals surface area contributed by atoms with Crippen LogP contribution in [0.3, 0.4) is 0 Å². The highest BCUT2D eigenvalue weighted by Crippen LogP contribution is 2.11. The van der Waals surface area contributed by atoms with Crippen molar-refractivity contribution in [2.75, 3.05) is 13.2 Å². The fourth-order valence-corrected chi connectivity index (χ4v) is 1.61. The van der Waals surface area contributed by atoms with Gasteiger partial charge in [-0.05, 0) is 30.7 Å². The van der Waals surface area contributed by atoms with Crippen LogP contribution >= 0.6 is 0 Å². The monoisotopic (exact) mass is 260 g/mol. The Morgan fingerprint density at radius 3 is 2.63 bits per heavy atom. The maximum Gasteiger partial charge on any atom is 0.257 e. The average Bonchev–Trinajstić information content (AvgIpc) is 2.45. The number of unbranched alkanes of at least 4 members (excludes halogenated alkanes) is 3. The van der Waals surface area contributed by atoms with E-state index in [9.17, 15) is 4.79 Å². The Hall–Kier alpha value is -2.02. The van der Waals surface area contributed by atoms with E-state index >= 15 is 0 Å². The largest absolute Gasteiger partial charge is 0.484 e. The van der Waals surface area contributed by atoms with Crippen molar-refractivity contribution in [3.63, 3.8) is 0 Å². The molecule has 4 heteroatoms. The fourth-order valence-electron chi connectivity index (χ4n) is 1.61. The van der Waals surface area contributed by atoms with Gasteiger partial charge >= 0.3 is 0 Å². The molecule has 1 rings (SSSR count). The minimum Gasteiger partial charge on any atom is -0.484 e. The molecule has 0 aliphatic carbocycles. The molecule has 0 aliphatic rings. The SMILES string of the molecule is CCCCCCNC(=O)COc1ccc(C#N)cc1. The second-order valence-corrected chi connectivity index (χ2v) is 4.34. The number of hydrogen-bond donors (Lipinski definition) is 1. The van der Waals surface area contributed by atoms with E-state index in [1.54, 1.807) is 24.3 Å². The number of benzene rings is 1. The zero-order chi connectivity index (χ0) is 13.9. The molecule has 1 N–H and O–H groups in total. The highest BCUT2D eigenvalue weighted by Gasteiger charge is 2.02. The van der Waals surface area contributed by atoms with Crippen molar-refractivity contribution in [1.82, 2.24) is 5.32 Å². The maximum atomic E-state index is 11.5. The standard InChI is InChI=1S/C15H20N2O2/c1-2-3-4-5-10-17-15(18)12-19-14-8-6-13(11-16)7-9-14/h6-9H,2-5,10,12H2,1H3,(H,17,18). The molecule has 0 saturated heterocycles. The van der Waals surface area contributed by atoms with E-state index in [-0.39, 0.29) is 12.5 Å². The number of hydrogen-bond acceptors (Lipinski definition) is 3. The van der Waals surface area contributed by atoms with Crippen LogP contribution in [0.25, 0.3) is 0 Å². The van der Waals surface area contributed by atoms with E-state index in [1.807, 2.05) is 6.07 Å². The number of carbonyl (C=O) groups excluding carboxylic acids is 1. The smallest absolute Gasteiger partial charge is 0.257 e. The van der Waals surface area contributed by atoms with Crippen LogP contribution in [-0.4, -0.2) is 19.1 Å². The molecule has 19 heavy (non-hydrogen) atoms. The summed E-state index contributed by atoms with van der Waals surface area (Å²) in [5.41, 5.74) is 0.577. The van der Waals surface area contributed by atoms with E-state index < -0.39 is 0 Å². The molecule has 0 spiro atoms. The molecule has 0 unspecified atom stereocenters. The van der Waals surface area contributed by atoms with Crippen LogP contribution in [0.4, 0.5) is 0 Å². The quantitative estimate of drug-likeness (QED) is 0.731. The van der Waals surface area contributed by atoms with Gasteiger partial charge in [-0.3, -0.25) is 4.79 Å². The Labute approximate surface area is 114 Å². The van der Waals surface area contributed by atoms with Gasteiger partial charge in [0.2, 0.25) is 0 Å². The van der Waals surface area contributed by atoms with Crippen LogP contribution in [0.5, 0.6) is 5.75 Å². The van der Waals surface area contributed by atoms with Crippen molar-refractivity contribution in [2.24, 2.45) is 0 Å². The van der Waals surface area contributed by atoms with Gasteiger partial charge in [0.05, 0.1) is 11.6 Å². The minimum atomic E-state index is -0.110. The number of carbonyl (C=O) groups is 1. The van der Waals surface area contributed by atoms with Crippen LogP contribution in [0.1, 0.15) is 38.2 Å². The summed E-state index contributed by atoms with van der Waals surface area (Å²) in [4.78, 5) is 11.5. The molecule has 0 saturated carbocycles. The zero-order valence-electron chi connectivity index (χ0n) is 11.3. The molecular formula is C15H20N2O2. The molecule has 0 aliphatic heterocycles. The molecule has 102 valence electrons. The first kappa shape index (κ1) is 15.0. The highest BCUT2D eigenvalue weighted by molar-refractivity contribution is 5.77. The number of ether oxygens (including phenoxy) is 1. The van der Waals surface area contributed by atoms with Crippen molar-refractivity contribution >= 4 is 5.91 Å². The van der Waals surface area contributed by atoms with Crippen molar-refractivity contribution < 1.29 is 9.53 Å². The summed E-state index contributed by atoms with van der Waals surface area (Å²) >= 11 is 0. The third kappa shape index (κ3) is 6.46. The normalized spacial score (nSPS) is 9.68. The lowest BCUT2D eigenvalue weighted by Gasteiger charge is -2.07. The minimum absolute atomic E-state index is 0.0136. The lowest BCUT2D eigenvalue weighted by molar-refractivity contribution is -0.123. The first-order valence-corrected chi connectivity index (χ1v) is 6.66. The molecule has 0 radical (unpaired) electrons. The Morgan fingerprint density at radius 1 is 1.26 bits per heavy atom. The Morgan fingerprint density at radius 2 is 2.00 bits per heavy atom. The first-order chi connectivity index (χ1) is 9.26. The molecule has 0 fully saturated rings. The second-order valence-electron chi connectivity index (χ2n) is 4.34. The first-order valence-electron chi connectivity index (χ1n) is 6.66. The summed E-state index contributed by atoms with van der Waals surface area (Å²) in [5.74, 6) is 0.487. The Balaban J connectivity index is 2.17. The number of nitriles is 1. The van der Waals surface area contributed by atoms with Gasteiger partial charge in [-0.25, -0.2) is 0 Å². The lowest BCUT2D eigenvalue weighted by Crippen LogP contribution is -2.29. The molecule has 0 aromatic heterocycles. The molecular weight excluding hydrogens is 240 g/mol. The molecule has 1 aromatic carbocycles. The van der Waals surface area contributed by atoms with E-state index in [0.717, 1.165) is 12.8 Å². The maximum absolute atomic E-state index is 11.5. The van der Waals surface area contributed by atoms with Crippen molar-refractivity contribution in [3.8, 4) is 11.8 Å². The summed E-state index contributed by atoms with van der Waals surface area (Å²) in [6, 6.07) is 8.73. The van der Waals surface area contributed by atoms with Crippen molar-refractivity contribution in [1.29, 1.82) is 5.26 Å². The zero-order valence-corrected chi connectivity index (χ0v) is 11.3. The topological polar surface area (TPSA) is 62.1 Å². The summed E-state index contributed by atoms with van der Waals surface area (Å²) in [5, 5.41) is 11.5. The molecule has 0 atom stereocenters. The molecule has 1 aromatic rings. The third-order valence-corrected chi connectivity index (χ3v) is 2.71. The predicted molar refractivity (Wildman–Crippen MR) is 73.8 cm³/mol. The van der Waals surface area contributed by atoms with Gasteiger partial charge in [-0.1, -0.05) is 26.2 Å². The number of nitrogens with one attached hydrogen (secondary N) is 1. The summed E-state index contributed by atoms with van der Waals surface area (Å²) in [6.45, 7) is 2.87. The summed E-state index contributed by atoms with van der Waals surface area (Å²) in [7, 11) is 0. The van der Waals surface area contributed by atoms with Gasteiger partial charge in [0, 0.05) is 6.54 Å². The number of amides is 1. The summed E-state index contributed by atoms with van der Waals surface area (Å²) in [6.07, 6.45) is 4.55. The molecule has 1 amide bonds. The van der Waals surface area contributed by atoms with Gasteiger partial charge in [-0.15, -0.1) is 0 Å². The second kappa shape index (κ2) is 8.98. The molecule has 0 bridgehead atoms. The van der Waals surface area contributed by atoms with Crippen LogP contribution < -0.4 is 10.1 Å². The van der Waals surface area contributed by atoms with Crippen LogP contribution in [0.2, 0.25) is 0 Å². The third-order valence-electron chi connectivity index (χ3n) is 2.71. The fraction of sp³-hybridized carbons (Fsp3) is 0.467. The number of rotatable bonds is 8. The average molecular weight is 260 g/mol.